The van der Waals surface area contributed by atoms with E-state index in [1.54, 1.807) is 20.8 Å². The predicted octanol–water partition coefficient (Wildman–Crippen LogP) is 6.89. The molecule has 24 nitrogen and oxygen atoms in total. The number of esters is 3. The van der Waals surface area contributed by atoms with E-state index < -0.39 is 118 Å². The molecule has 24 heteroatoms. The largest absolute Gasteiger partial charge is 0.457 e. The molecule has 0 aliphatic carbocycles. The van der Waals surface area contributed by atoms with E-state index in [0.29, 0.717) is 34.9 Å². The van der Waals surface area contributed by atoms with Gasteiger partial charge in [0, 0.05) is 18.2 Å². The standard InChI is InChI=1S/C36H30N6O18/c1-4-22-28(16-58-34(43)25-10-7-19(37(46)47)13-31(25)40(52)53)23(5-2)30(18-60-36(45)27-12-9-21(39(50)51)15-33(27)42(56)57)24(6-3)29(22)17-59-35(44)26-11-8-20(38(48)49)14-32(26)41(54)55/h7-15H,4-6,16-18H2,1-3H3. The molecule has 0 aliphatic heterocycles. The van der Waals surface area contributed by atoms with Gasteiger partial charge in [0.05, 0.1) is 47.7 Å². The van der Waals surface area contributed by atoms with Crippen LogP contribution in [0.1, 0.15) is 85.2 Å². The molecule has 0 heterocycles. The molecule has 0 aromatic heterocycles. The molecule has 0 fully saturated rings. The molecule has 312 valence electrons. The van der Waals surface area contributed by atoms with Crippen molar-refractivity contribution >= 4 is 52.0 Å². The number of nitrogens with zero attached hydrogens (tertiary/aromatic N) is 6. The van der Waals surface area contributed by atoms with Gasteiger partial charge in [-0.3, -0.25) is 60.7 Å². The van der Waals surface area contributed by atoms with Crippen molar-refractivity contribution in [3.63, 3.8) is 0 Å². The van der Waals surface area contributed by atoms with Crippen LogP contribution in [0.25, 0.3) is 0 Å². The first-order valence-electron chi connectivity index (χ1n) is 17.3. The third-order valence-electron chi connectivity index (χ3n) is 9.12. The fraction of sp³-hybridized carbons (Fsp3) is 0.250. The summed E-state index contributed by atoms with van der Waals surface area (Å²) in [6.45, 7) is 3.11. The van der Waals surface area contributed by atoms with Gasteiger partial charge in [0.2, 0.25) is 0 Å². The van der Waals surface area contributed by atoms with Crippen LogP contribution in [0.5, 0.6) is 0 Å². The molecule has 0 atom stereocenters. The smallest absolute Gasteiger partial charge is 0.345 e. The third-order valence-corrected chi connectivity index (χ3v) is 9.12. The summed E-state index contributed by atoms with van der Waals surface area (Å²) in [6, 6.07) is 6.82. The topological polar surface area (TPSA) is 338 Å². The number of benzene rings is 4. The first-order chi connectivity index (χ1) is 28.4. The Labute approximate surface area is 335 Å². The van der Waals surface area contributed by atoms with Gasteiger partial charge in [0.15, 0.2) is 0 Å². The van der Waals surface area contributed by atoms with Crippen LogP contribution in [0, 0.1) is 60.7 Å². The van der Waals surface area contributed by atoms with Crippen molar-refractivity contribution in [3.05, 3.63) is 165 Å². The minimum atomic E-state index is -1.27. The van der Waals surface area contributed by atoms with Crippen molar-refractivity contribution in [2.45, 2.75) is 59.9 Å². The average molecular weight is 835 g/mol. The minimum absolute atomic E-state index is 0.129. The van der Waals surface area contributed by atoms with Crippen LogP contribution in [0.4, 0.5) is 34.1 Å². The number of non-ortho nitro benzene ring substituents is 3. The molecule has 0 unspecified atom stereocenters. The summed E-state index contributed by atoms with van der Waals surface area (Å²) >= 11 is 0. The van der Waals surface area contributed by atoms with Gasteiger partial charge < -0.3 is 14.2 Å². The van der Waals surface area contributed by atoms with Crippen LogP contribution in [0.3, 0.4) is 0 Å². The summed E-state index contributed by atoms with van der Waals surface area (Å²) < 4.78 is 16.6. The van der Waals surface area contributed by atoms with Crippen molar-refractivity contribution in [3.8, 4) is 0 Å². The lowest BCUT2D eigenvalue weighted by molar-refractivity contribution is -0.394. The summed E-state index contributed by atoms with van der Waals surface area (Å²) in [5.41, 5.74) is -4.85. The Hall–Kier alpha value is -8.31. The number of rotatable bonds is 18. The molecule has 0 radical (unpaired) electrons. The first-order valence-corrected chi connectivity index (χ1v) is 17.3. The van der Waals surface area contributed by atoms with Crippen LogP contribution in [-0.4, -0.2) is 47.4 Å². The summed E-state index contributed by atoms with van der Waals surface area (Å²) in [7, 11) is 0. The van der Waals surface area contributed by atoms with Crippen LogP contribution >= 0.6 is 0 Å². The molecule has 0 N–H and O–H groups in total. The van der Waals surface area contributed by atoms with E-state index in [-0.39, 0.29) is 36.0 Å². The highest BCUT2D eigenvalue weighted by Crippen LogP contribution is 2.35. The first kappa shape index (κ1) is 44.4. The van der Waals surface area contributed by atoms with E-state index in [2.05, 4.69) is 0 Å². The van der Waals surface area contributed by atoms with Gasteiger partial charge in [0.25, 0.3) is 34.1 Å². The number of carbonyl (C=O) groups excluding carboxylic acids is 3. The number of nitro groups is 6. The second-order valence-electron chi connectivity index (χ2n) is 12.3. The quantitative estimate of drug-likeness (QED) is 0.0426. The van der Waals surface area contributed by atoms with Gasteiger partial charge in [-0.1, -0.05) is 20.8 Å². The monoisotopic (exact) mass is 834 g/mol. The highest BCUT2D eigenvalue weighted by Gasteiger charge is 2.31. The average Bonchev–Trinajstić information content (AvgIpc) is 3.22. The lowest BCUT2D eigenvalue weighted by Crippen LogP contribution is -2.19. The second kappa shape index (κ2) is 18.8. The summed E-state index contributed by atoms with van der Waals surface area (Å²) in [4.78, 5) is 103. The van der Waals surface area contributed by atoms with Gasteiger partial charge >= 0.3 is 17.9 Å². The minimum Gasteiger partial charge on any atom is -0.457 e. The van der Waals surface area contributed by atoms with Crippen molar-refractivity contribution in [2.24, 2.45) is 0 Å². The van der Waals surface area contributed by atoms with E-state index in [1.165, 1.54) is 0 Å². The number of hydrogen-bond acceptors (Lipinski definition) is 18. The zero-order valence-corrected chi connectivity index (χ0v) is 31.5. The molecule has 0 saturated carbocycles. The van der Waals surface area contributed by atoms with Crippen LogP contribution in [0.15, 0.2) is 54.6 Å². The lowest BCUT2D eigenvalue weighted by Gasteiger charge is -2.25. The molecular weight excluding hydrogens is 804 g/mol. The Balaban J connectivity index is 1.85. The fourth-order valence-electron chi connectivity index (χ4n) is 6.41. The molecule has 0 bridgehead atoms. The van der Waals surface area contributed by atoms with Gasteiger partial charge in [-0.15, -0.1) is 0 Å². The number of nitro benzene ring substituents is 6. The third kappa shape index (κ3) is 9.44. The van der Waals surface area contributed by atoms with E-state index >= 15 is 0 Å². The molecule has 60 heavy (non-hydrogen) atoms. The van der Waals surface area contributed by atoms with Crippen LogP contribution in [0.2, 0.25) is 0 Å². The molecule has 0 amide bonds. The van der Waals surface area contributed by atoms with Crippen LogP contribution < -0.4 is 0 Å². The lowest BCUT2D eigenvalue weighted by atomic mass is 9.84. The maximum absolute atomic E-state index is 13.3. The van der Waals surface area contributed by atoms with Crippen molar-refractivity contribution in [1.82, 2.24) is 0 Å². The Morgan fingerprint density at radius 1 is 0.400 bits per heavy atom. The molecule has 4 rings (SSSR count). The van der Waals surface area contributed by atoms with Gasteiger partial charge in [-0.2, -0.15) is 0 Å². The normalized spacial score (nSPS) is 10.7. The van der Waals surface area contributed by atoms with E-state index in [1.807, 2.05) is 0 Å². The molecule has 0 saturated heterocycles. The molecule has 0 spiro atoms. The van der Waals surface area contributed by atoms with E-state index in [0.717, 1.165) is 36.4 Å². The molecule has 4 aromatic rings. The molecular formula is C36H30N6O18. The zero-order valence-electron chi connectivity index (χ0n) is 31.5. The fourth-order valence-corrected chi connectivity index (χ4v) is 6.41. The van der Waals surface area contributed by atoms with Gasteiger partial charge in [-0.25, -0.2) is 14.4 Å². The predicted molar refractivity (Wildman–Crippen MR) is 201 cm³/mol. The summed E-state index contributed by atoms with van der Waals surface area (Å²) in [6.07, 6.45) is 0.387. The maximum Gasteiger partial charge on any atom is 0.345 e. The zero-order chi connectivity index (χ0) is 44.6. The van der Waals surface area contributed by atoms with Crippen molar-refractivity contribution in [2.75, 3.05) is 0 Å². The Bertz CT molecular complexity index is 2210. The van der Waals surface area contributed by atoms with Crippen LogP contribution in [-0.2, 0) is 53.3 Å². The van der Waals surface area contributed by atoms with E-state index in [9.17, 15) is 75.1 Å². The summed E-state index contributed by atoms with van der Waals surface area (Å²) in [5.74, 6) is -3.80. The van der Waals surface area contributed by atoms with Crippen molar-refractivity contribution in [1.29, 1.82) is 0 Å². The molecule has 4 aromatic carbocycles. The number of hydrogen-bond donors (Lipinski definition) is 0. The Morgan fingerprint density at radius 2 is 0.633 bits per heavy atom. The van der Waals surface area contributed by atoms with Crippen molar-refractivity contribution < 1.29 is 58.1 Å². The Morgan fingerprint density at radius 3 is 0.817 bits per heavy atom. The second-order valence-corrected chi connectivity index (χ2v) is 12.3. The molecule has 0 aliphatic rings. The summed E-state index contributed by atoms with van der Waals surface area (Å²) in [5, 5.41) is 69.0. The number of carbonyl (C=O) groups is 3. The van der Waals surface area contributed by atoms with E-state index in [4.69, 9.17) is 14.2 Å². The highest BCUT2D eigenvalue weighted by atomic mass is 16.7. The van der Waals surface area contributed by atoms with Gasteiger partial charge in [0.1, 0.15) is 36.5 Å². The SMILES string of the molecule is CCc1c(COC(=O)c2ccc([N+](=O)[O-])cc2[N+](=O)[O-])c(CC)c(COC(=O)c2ccc([N+](=O)[O-])cc2[N+](=O)[O-])c(CC)c1COC(=O)c1ccc([N+](=O)[O-])cc1[N+](=O)[O-]. The van der Waals surface area contributed by atoms with Gasteiger partial charge in [-0.05, 0) is 70.8 Å². The highest BCUT2D eigenvalue weighted by molar-refractivity contribution is 5.95. The number of ether oxygens (including phenoxy) is 3. The maximum atomic E-state index is 13.3. The Kier molecular flexibility index (Phi) is 13.9.